The first-order valence-corrected chi connectivity index (χ1v) is 4.69. The molecule has 0 aliphatic carbocycles. The zero-order valence-corrected chi connectivity index (χ0v) is 8.40. The summed E-state index contributed by atoms with van der Waals surface area (Å²) in [6.45, 7) is 3.88. The van der Waals surface area contributed by atoms with E-state index in [1.54, 1.807) is 0 Å². The van der Waals surface area contributed by atoms with Crippen LogP contribution in [0.1, 0.15) is 37.2 Å². The van der Waals surface area contributed by atoms with Gasteiger partial charge in [0.2, 0.25) is 0 Å². The zero-order valence-electron chi connectivity index (χ0n) is 8.40. The van der Waals surface area contributed by atoms with Gasteiger partial charge in [0.25, 0.3) is 5.91 Å². The van der Waals surface area contributed by atoms with Gasteiger partial charge in [-0.15, -0.1) is 0 Å². The molecular weight excluding hydrogens is 178 g/mol. The van der Waals surface area contributed by atoms with Gasteiger partial charge in [-0.1, -0.05) is 20.3 Å². The van der Waals surface area contributed by atoms with E-state index in [1.165, 1.54) is 16.9 Å². The lowest BCUT2D eigenvalue weighted by Gasteiger charge is -2.08. The van der Waals surface area contributed by atoms with Crippen LogP contribution >= 0.6 is 0 Å². The molecule has 4 heteroatoms. The van der Waals surface area contributed by atoms with Crippen molar-refractivity contribution in [2.75, 3.05) is 0 Å². The molecule has 0 aliphatic rings. The second-order valence-electron chi connectivity index (χ2n) is 3.27. The molecule has 1 aromatic heterocycles. The minimum Gasteiger partial charge on any atom is -0.272 e. The Kier molecular flexibility index (Phi) is 3.41. The van der Waals surface area contributed by atoms with Gasteiger partial charge in [-0.25, -0.2) is 0 Å². The predicted octanol–water partition coefficient (Wildman–Crippen LogP) is 1.83. The van der Waals surface area contributed by atoms with E-state index < -0.39 is 0 Å². The van der Waals surface area contributed by atoms with Crippen LogP contribution in [0.25, 0.3) is 0 Å². The average molecular weight is 191 g/mol. The molecule has 0 spiro atoms. The Morgan fingerprint density at radius 3 is 3.07 bits per heavy atom. The van der Waals surface area contributed by atoms with Crippen molar-refractivity contribution in [3.8, 4) is 6.07 Å². The van der Waals surface area contributed by atoms with E-state index in [1.807, 2.05) is 19.9 Å². The summed E-state index contributed by atoms with van der Waals surface area (Å²) in [6, 6.07) is 3.47. The molecular formula is C10H13N3O. The van der Waals surface area contributed by atoms with Crippen molar-refractivity contribution < 1.29 is 4.79 Å². The molecule has 0 fully saturated rings. The van der Waals surface area contributed by atoms with Crippen LogP contribution in [0.4, 0.5) is 0 Å². The van der Waals surface area contributed by atoms with Crippen molar-refractivity contribution in [1.82, 2.24) is 9.78 Å². The number of aromatic nitrogens is 2. The van der Waals surface area contributed by atoms with Gasteiger partial charge in [-0.05, 0) is 12.5 Å². The highest BCUT2D eigenvalue weighted by molar-refractivity contribution is 5.81. The summed E-state index contributed by atoms with van der Waals surface area (Å²) in [7, 11) is 0. The number of carbonyl (C=O) groups is 1. The molecule has 1 rings (SSSR count). The number of hydrogen-bond acceptors (Lipinski definition) is 3. The van der Waals surface area contributed by atoms with Crippen LogP contribution in [-0.2, 0) is 0 Å². The highest BCUT2D eigenvalue weighted by Gasteiger charge is 2.17. The molecule has 1 aromatic rings. The zero-order chi connectivity index (χ0) is 10.6. The van der Waals surface area contributed by atoms with Crippen molar-refractivity contribution in [3.05, 3.63) is 18.0 Å². The molecule has 14 heavy (non-hydrogen) atoms. The smallest absolute Gasteiger partial charge is 0.250 e. The number of nitriles is 1. The van der Waals surface area contributed by atoms with Gasteiger partial charge < -0.3 is 0 Å². The fourth-order valence-corrected chi connectivity index (χ4v) is 1.33. The molecule has 0 aliphatic heterocycles. The molecule has 0 bridgehead atoms. The minimum absolute atomic E-state index is 0.0769. The predicted molar refractivity (Wildman–Crippen MR) is 51.6 cm³/mol. The maximum Gasteiger partial charge on any atom is 0.250 e. The number of carbonyl (C=O) groups excluding carboxylic acids is 1. The van der Waals surface area contributed by atoms with Crippen LogP contribution in [0.2, 0.25) is 0 Å². The van der Waals surface area contributed by atoms with E-state index in [-0.39, 0.29) is 11.8 Å². The lowest BCUT2D eigenvalue weighted by Crippen LogP contribution is -2.21. The third-order valence-electron chi connectivity index (χ3n) is 2.11. The molecule has 0 saturated carbocycles. The maximum atomic E-state index is 11.7. The van der Waals surface area contributed by atoms with Gasteiger partial charge in [0.15, 0.2) is 0 Å². The number of nitrogens with zero attached hydrogens (tertiary/aromatic N) is 3. The molecule has 1 unspecified atom stereocenters. The largest absolute Gasteiger partial charge is 0.272 e. The molecule has 1 heterocycles. The topological polar surface area (TPSA) is 58.7 Å². The summed E-state index contributed by atoms with van der Waals surface area (Å²) in [5.74, 6) is -0.180. The molecule has 0 aromatic carbocycles. The number of rotatable bonds is 3. The summed E-state index contributed by atoms with van der Waals surface area (Å²) in [5, 5.41) is 12.5. The lowest BCUT2D eigenvalue weighted by atomic mass is 10.1. The van der Waals surface area contributed by atoms with E-state index >= 15 is 0 Å². The van der Waals surface area contributed by atoms with Crippen LogP contribution < -0.4 is 0 Å². The third-order valence-corrected chi connectivity index (χ3v) is 2.11. The van der Waals surface area contributed by atoms with Gasteiger partial charge >= 0.3 is 0 Å². The lowest BCUT2D eigenvalue weighted by molar-refractivity contribution is 0.0820. The van der Waals surface area contributed by atoms with Crippen molar-refractivity contribution in [2.24, 2.45) is 5.92 Å². The maximum absolute atomic E-state index is 11.7. The Morgan fingerprint density at radius 1 is 1.79 bits per heavy atom. The summed E-state index contributed by atoms with van der Waals surface area (Å²) in [5.41, 5.74) is 0.304. The van der Waals surface area contributed by atoms with E-state index in [4.69, 9.17) is 5.26 Å². The van der Waals surface area contributed by atoms with Crippen LogP contribution in [0, 0.1) is 17.2 Å². The van der Waals surface area contributed by atoms with E-state index in [9.17, 15) is 4.79 Å². The summed E-state index contributed by atoms with van der Waals surface area (Å²) in [6.07, 6.45) is 3.24. The Morgan fingerprint density at radius 2 is 2.50 bits per heavy atom. The quantitative estimate of drug-likeness (QED) is 0.732. The molecule has 1 atom stereocenters. The Bertz CT molecular complexity index is 362. The summed E-state index contributed by atoms with van der Waals surface area (Å²) in [4.78, 5) is 11.7. The Labute approximate surface area is 83.1 Å². The molecule has 74 valence electrons. The fraction of sp³-hybridized carbons (Fsp3) is 0.500. The normalized spacial score (nSPS) is 12.1. The summed E-state index contributed by atoms with van der Waals surface area (Å²) < 4.78 is 1.18. The van der Waals surface area contributed by atoms with Crippen molar-refractivity contribution in [1.29, 1.82) is 5.26 Å². The Balaban J connectivity index is 2.85. The second-order valence-corrected chi connectivity index (χ2v) is 3.27. The van der Waals surface area contributed by atoms with Gasteiger partial charge in [0.05, 0.1) is 6.20 Å². The van der Waals surface area contributed by atoms with Crippen LogP contribution in [-0.4, -0.2) is 15.7 Å². The molecule has 0 radical (unpaired) electrons. The monoisotopic (exact) mass is 191 g/mol. The minimum atomic E-state index is -0.103. The molecule has 4 nitrogen and oxygen atoms in total. The first-order valence-electron chi connectivity index (χ1n) is 4.69. The number of hydrogen-bond donors (Lipinski definition) is 0. The van der Waals surface area contributed by atoms with Gasteiger partial charge in [0.1, 0.15) is 11.8 Å². The van der Waals surface area contributed by atoms with Crippen LogP contribution in [0.5, 0.6) is 0 Å². The van der Waals surface area contributed by atoms with Gasteiger partial charge in [-0.2, -0.15) is 15.0 Å². The van der Waals surface area contributed by atoms with Crippen molar-refractivity contribution in [2.45, 2.75) is 26.7 Å². The van der Waals surface area contributed by atoms with E-state index in [0.29, 0.717) is 5.69 Å². The SMILES string of the molecule is CCCC(C)C(=O)n1nccc1C#N. The first-order chi connectivity index (χ1) is 6.70. The van der Waals surface area contributed by atoms with E-state index in [0.717, 1.165) is 12.8 Å². The van der Waals surface area contributed by atoms with Crippen molar-refractivity contribution >= 4 is 5.91 Å². The third kappa shape index (κ3) is 1.99. The highest BCUT2D eigenvalue weighted by Crippen LogP contribution is 2.09. The van der Waals surface area contributed by atoms with Gasteiger partial charge in [0, 0.05) is 5.92 Å². The fourth-order valence-electron chi connectivity index (χ4n) is 1.33. The molecule has 0 amide bonds. The average Bonchev–Trinajstić information content (AvgIpc) is 2.64. The molecule has 0 N–H and O–H groups in total. The first kappa shape index (κ1) is 10.5. The van der Waals surface area contributed by atoms with Crippen LogP contribution in [0.3, 0.4) is 0 Å². The van der Waals surface area contributed by atoms with Gasteiger partial charge in [-0.3, -0.25) is 4.79 Å². The molecule has 0 saturated heterocycles. The summed E-state index contributed by atoms with van der Waals surface area (Å²) >= 11 is 0. The Hall–Kier alpha value is -1.63. The van der Waals surface area contributed by atoms with Crippen LogP contribution in [0.15, 0.2) is 12.3 Å². The standard InChI is InChI=1S/C10H13N3O/c1-3-4-8(2)10(14)13-9(7-11)5-6-12-13/h5-6,8H,3-4H2,1-2H3. The highest BCUT2D eigenvalue weighted by atomic mass is 16.2. The van der Waals surface area contributed by atoms with E-state index in [2.05, 4.69) is 5.10 Å². The second kappa shape index (κ2) is 4.56. The van der Waals surface area contributed by atoms with Crippen molar-refractivity contribution in [3.63, 3.8) is 0 Å².